The van der Waals surface area contributed by atoms with Gasteiger partial charge >= 0.3 is 0 Å². The monoisotopic (exact) mass is 496 g/mol. The molecule has 1 aromatic carbocycles. The first-order valence-corrected chi connectivity index (χ1v) is 12.1. The van der Waals surface area contributed by atoms with Crippen molar-refractivity contribution >= 4 is 34.5 Å². The lowest BCUT2D eigenvalue weighted by Gasteiger charge is -2.36. The van der Waals surface area contributed by atoms with Crippen molar-refractivity contribution in [2.75, 3.05) is 31.1 Å². The summed E-state index contributed by atoms with van der Waals surface area (Å²) in [7, 11) is 0. The van der Waals surface area contributed by atoms with Crippen molar-refractivity contribution in [1.82, 2.24) is 24.8 Å². The van der Waals surface area contributed by atoms with Crippen LogP contribution in [-0.4, -0.2) is 56.9 Å². The van der Waals surface area contributed by atoms with Crippen LogP contribution in [0.25, 0.3) is 17.1 Å². The topological polar surface area (TPSA) is 97.4 Å². The number of thiophene rings is 1. The number of nitrogens with zero attached hydrogens (tertiary/aromatic N) is 6. The minimum Gasteiger partial charge on any atom is -0.365 e. The van der Waals surface area contributed by atoms with Gasteiger partial charge in [0.1, 0.15) is 5.02 Å². The standard InChI is InChI=1S/C23H21ClN6O3S/c24-21-18(14-25-30(23(21)32)17-4-2-1-3-5-17)28-9-11-29(12-10-28)20(31)7-6-19-26-22(27-33-19)16-8-13-34-15-16/h1-5,8,13-15H,6-7,9-12H2. The van der Waals surface area contributed by atoms with E-state index in [0.717, 1.165) is 5.56 Å². The highest BCUT2D eigenvalue weighted by atomic mass is 35.5. The molecular formula is C23H21ClN6O3S. The van der Waals surface area contributed by atoms with Crippen molar-refractivity contribution in [3.63, 3.8) is 0 Å². The number of amides is 1. The zero-order valence-corrected chi connectivity index (χ0v) is 19.7. The summed E-state index contributed by atoms with van der Waals surface area (Å²) in [6, 6.07) is 11.1. The number of carbonyl (C=O) groups excluding carboxylic acids is 1. The first kappa shape index (κ1) is 22.3. The highest BCUT2D eigenvalue weighted by molar-refractivity contribution is 7.08. The van der Waals surface area contributed by atoms with Crippen LogP contribution in [0.1, 0.15) is 12.3 Å². The van der Waals surface area contributed by atoms with E-state index in [1.54, 1.807) is 34.6 Å². The van der Waals surface area contributed by atoms with E-state index in [4.69, 9.17) is 16.1 Å². The molecule has 1 aliphatic heterocycles. The molecule has 0 aliphatic carbocycles. The van der Waals surface area contributed by atoms with Crippen LogP contribution in [0.15, 0.2) is 62.7 Å². The third-order valence-corrected chi connectivity index (χ3v) is 6.71. The molecule has 0 radical (unpaired) electrons. The zero-order valence-electron chi connectivity index (χ0n) is 18.1. The fourth-order valence-electron chi connectivity index (χ4n) is 3.83. The van der Waals surface area contributed by atoms with Crippen molar-refractivity contribution in [2.24, 2.45) is 0 Å². The number of benzene rings is 1. The summed E-state index contributed by atoms with van der Waals surface area (Å²) < 4.78 is 6.56. The van der Waals surface area contributed by atoms with E-state index in [9.17, 15) is 9.59 Å². The van der Waals surface area contributed by atoms with Gasteiger partial charge in [0.05, 0.1) is 17.6 Å². The Morgan fingerprint density at radius 3 is 2.65 bits per heavy atom. The van der Waals surface area contributed by atoms with Crippen molar-refractivity contribution in [3.05, 3.63) is 74.6 Å². The van der Waals surface area contributed by atoms with Crippen LogP contribution in [0.4, 0.5) is 5.69 Å². The molecular weight excluding hydrogens is 476 g/mol. The average molecular weight is 497 g/mol. The predicted octanol–water partition coefficient (Wildman–Crippen LogP) is 3.28. The summed E-state index contributed by atoms with van der Waals surface area (Å²) >= 11 is 7.98. The number of aryl methyl sites for hydroxylation is 1. The Kier molecular flexibility index (Phi) is 6.41. The minimum atomic E-state index is -0.370. The number of aromatic nitrogens is 4. The Bertz CT molecular complexity index is 1330. The summed E-state index contributed by atoms with van der Waals surface area (Å²) in [6.07, 6.45) is 2.29. The Labute approximate surface area is 204 Å². The van der Waals surface area contributed by atoms with Crippen LogP contribution < -0.4 is 10.5 Å². The van der Waals surface area contributed by atoms with Gasteiger partial charge in [-0.05, 0) is 23.6 Å². The average Bonchev–Trinajstić information content (AvgIpc) is 3.57. The molecule has 174 valence electrons. The number of hydrogen-bond acceptors (Lipinski definition) is 8. The van der Waals surface area contributed by atoms with Gasteiger partial charge in [-0.15, -0.1) is 0 Å². The van der Waals surface area contributed by atoms with Crippen LogP contribution in [0.3, 0.4) is 0 Å². The molecule has 0 atom stereocenters. The summed E-state index contributed by atoms with van der Waals surface area (Å²) in [4.78, 5) is 33.6. The molecule has 1 fully saturated rings. The molecule has 1 aliphatic rings. The molecule has 0 bridgehead atoms. The SMILES string of the molecule is O=C(CCc1nc(-c2ccsc2)no1)N1CCN(c2cnn(-c3ccccc3)c(=O)c2Cl)CC1. The maximum Gasteiger partial charge on any atom is 0.292 e. The number of anilines is 1. The Morgan fingerprint density at radius 2 is 1.91 bits per heavy atom. The van der Waals surface area contributed by atoms with E-state index in [1.807, 2.05) is 39.9 Å². The molecule has 11 heteroatoms. The van der Waals surface area contributed by atoms with Crippen molar-refractivity contribution in [1.29, 1.82) is 0 Å². The summed E-state index contributed by atoms with van der Waals surface area (Å²) in [5.74, 6) is 1.01. The molecule has 34 heavy (non-hydrogen) atoms. The maximum atomic E-state index is 12.8. The predicted molar refractivity (Wildman–Crippen MR) is 130 cm³/mol. The Hall–Kier alpha value is -3.50. The third-order valence-electron chi connectivity index (χ3n) is 5.67. The van der Waals surface area contributed by atoms with Crippen molar-refractivity contribution in [2.45, 2.75) is 12.8 Å². The zero-order chi connectivity index (χ0) is 23.5. The van der Waals surface area contributed by atoms with Gasteiger partial charge < -0.3 is 14.3 Å². The molecule has 9 nitrogen and oxygen atoms in total. The quantitative estimate of drug-likeness (QED) is 0.404. The van der Waals surface area contributed by atoms with E-state index >= 15 is 0 Å². The largest absolute Gasteiger partial charge is 0.365 e. The lowest BCUT2D eigenvalue weighted by atomic mass is 10.2. The summed E-state index contributed by atoms with van der Waals surface area (Å²) in [5, 5.41) is 12.3. The second kappa shape index (κ2) is 9.78. The number of piperazine rings is 1. The number of para-hydroxylation sites is 1. The second-order valence-electron chi connectivity index (χ2n) is 7.79. The van der Waals surface area contributed by atoms with Gasteiger partial charge in [-0.2, -0.15) is 26.1 Å². The highest BCUT2D eigenvalue weighted by Crippen LogP contribution is 2.23. The number of hydrogen-bond donors (Lipinski definition) is 0. The van der Waals surface area contributed by atoms with E-state index in [2.05, 4.69) is 15.2 Å². The normalized spacial score (nSPS) is 13.9. The molecule has 1 amide bonds. The van der Waals surface area contributed by atoms with Gasteiger partial charge in [0, 0.05) is 50.0 Å². The first-order chi connectivity index (χ1) is 16.6. The minimum absolute atomic E-state index is 0.0265. The van der Waals surface area contributed by atoms with E-state index in [-0.39, 0.29) is 16.5 Å². The molecule has 1 saturated heterocycles. The van der Waals surface area contributed by atoms with Crippen LogP contribution >= 0.6 is 22.9 Å². The van der Waals surface area contributed by atoms with E-state index < -0.39 is 0 Å². The van der Waals surface area contributed by atoms with E-state index in [1.165, 1.54) is 4.68 Å². The van der Waals surface area contributed by atoms with Crippen LogP contribution in [0, 0.1) is 0 Å². The van der Waals surface area contributed by atoms with Gasteiger partial charge in [-0.1, -0.05) is 35.0 Å². The maximum absolute atomic E-state index is 12.8. The molecule has 0 N–H and O–H groups in total. The van der Waals surface area contributed by atoms with E-state index in [0.29, 0.717) is 62.1 Å². The summed E-state index contributed by atoms with van der Waals surface area (Å²) in [6.45, 7) is 2.18. The molecule has 0 unspecified atom stereocenters. The molecule has 0 spiro atoms. The summed E-state index contributed by atoms with van der Waals surface area (Å²) in [5.41, 5.74) is 1.77. The van der Waals surface area contributed by atoms with Crippen LogP contribution in [-0.2, 0) is 11.2 Å². The van der Waals surface area contributed by atoms with Crippen LogP contribution in [0.5, 0.6) is 0 Å². The van der Waals surface area contributed by atoms with Gasteiger partial charge in [-0.3, -0.25) is 9.59 Å². The number of carbonyl (C=O) groups is 1. The van der Waals surface area contributed by atoms with Crippen molar-refractivity contribution < 1.29 is 9.32 Å². The fraction of sp³-hybridized carbons (Fsp3) is 0.261. The van der Waals surface area contributed by atoms with Gasteiger partial charge in [0.15, 0.2) is 0 Å². The smallest absolute Gasteiger partial charge is 0.292 e. The Balaban J connectivity index is 1.17. The van der Waals surface area contributed by atoms with Crippen LogP contribution in [0.2, 0.25) is 5.02 Å². The lowest BCUT2D eigenvalue weighted by molar-refractivity contribution is -0.131. The van der Waals surface area contributed by atoms with Crippen molar-refractivity contribution in [3.8, 4) is 17.1 Å². The molecule has 5 rings (SSSR count). The molecule has 4 heterocycles. The molecule has 3 aromatic heterocycles. The number of halogens is 1. The molecule has 4 aromatic rings. The lowest BCUT2D eigenvalue weighted by Crippen LogP contribution is -2.49. The number of rotatable bonds is 6. The molecule has 0 saturated carbocycles. The van der Waals surface area contributed by atoms with Gasteiger partial charge in [0.2, 0.25) is 17.6 Å². The second-order valence-corrected chi connectivity index (χ2v) is 8.95. The third kappa shape index (κ3) is 4.59. The van der Waals surface area contributed by atoms with Gasteiger partial charge in [-0.25, -0.2) is 0 Å². The first-order valence-electron chi connectivity index (χ1n) is 10.8. The fourth-order valence-corrected chi connectivity index (χ4v) is 4.71. The van der Waals surface area contributed by atoms with Gasteiger partial charge in [0.25, 0.3) is 5.56 Å². The highest BCUT2D eigenvalue weighted by Gasteiger charge is 2.24. The Morgan fingerprint density at radius 1 is 1.12 bits per heavy atom.